The molecule has 1 aromatic heterocycles. The van der Waals surface area contributed by atoms with Gasteiger partial charge in [-0.2, -0.15) is 0 Å². The maximum atomic E-state index is 13.2. The van der Waals surface area contributed by atoms with Crippen molar-refractivity contribution >= 4 is 50.0 Å². The number of sulfonamides is 1. The highest BCUT2D eigenvalue weighted by atomic mass is 32.2. The summed E-state index contributed by atoms with van der Waals surface area (Å²) in [6, 6.07) is 23.1. The highest BCUT2D eigenvalue weighted by Crippen LogP contribution is 2.42. The Kier molecular flexibility index (Phi) is 5.89. The third-order valence-electron chi connectivity index (χ3n) is 5.53. The van der Waals surface area contributed by atoms with Gasteiger partial charge in [0.2, 0.25) is 5.91 Å². The van der Waals surface area contributed by atoms with Gasteiger partial charge in [0.15, 0.2) is 0 Å². The number of para-hydroxylation sites is 1. The van der Waals surface area contributed by atoms with E-state index >= 15 is 0 Å². The molecule has 1 aliphatic heterocycles. The molecule has 5 rings (SSSR count). The van der Waals surface area contributed by atoms with Gasteiger partial charge in [-0.1, -0.05) is 30.3 Å². The van der Waals surface area contributed by atoms with Gasteiger partial charge in [0.05, 0.1) is 18.4 Å². The van der Waals surface area contributed by atoms with Gasteiger partial charge in [0.1, 0.15) is 16.0 Å². The normalized spacial score (nSPS) is 16.1. The van der Waals surface area contributed by atoms with Crippen LogP contribution in [0.25, 0.3) is 10.9 Å². The molecule has 0 radical (unpaired) electrons. The van der Waals surface area contributed by atoms with Crippen LogP contribution >= 0.6 is 11.8 Å². The summed E-state index contributed by atoms with van der Waals surface area (Å²) in [7, 11) is -2.29. The second kappa shape index (κ2) is 9.00. The second-order valence-corrected chi connectivity index (χ2v) is 10.4. The van der Waals surface area contributed by atoms with Crippen molar-refractivity contribution in [1.82, 2.24) is 4.98 Å². The lowest BCUT2D eigenvalue weighted by atomic mass is 10.1. The summed E-state index contributed by atoms with van der Waals surface area (Å²) < 4.78 is 34.3. The lowest BCUT2D eigenvalue weighted by Crippen LogP contribution is -2.27. The van der Waals surface area contributed by atoms with E-state index in [-0.39, 0.29) is 16.2 Å². The first-order valence-electron chi connectivity index (χ1n) is 10.5. The molecule has 4 aromatic rings. The van der Waals surface area contributed by atoms with E-state index in [2.05, 4.69) is 9.71 Å². The Morgan fingerprint density at radius 2 is 1.79 bits per heavy atom. The molecule has 0 spiro atoms. The van der Waals surface area contributed by atoms with Crippen molar-refractivity contribution in [2.45, 2.75) is 10.3 Å². The van der Waals surface area contributed by atoms with E-state index in [4.69, 9.17) is 4.74 Å². The van der Waals surface area contributed by atoms with Crippen molar-refractivity contribution in [3.8, 4) is 5.75 Å². The summed E-state index contributed by atoms with van der Waals surface area (Å²) in [5.41, 5.74) is 2.41. The van der Waals surface area contributed by atoms with Gasteiger partial charge in [0.25, 0.3) is 10.0 Å². The average Bonchev–Trinajstić information content (AvgIpc) is 3.25. The molecule has 1 N–H and O–H groups in total. The fraction of sp³-hybridized carbons (Fsp3) is 0.120. The number of carbonyl (C=O) groups is 1. The second-order valence-electron chi connectivity index (χ2n) is 7.69. The monoisotopic (exact) mass is 491 g/mol. The Morgan fingerprint density at radius 1 is 1.03 bits per heavy atom. The number of amides is 1. The van der Waals surface area contributed by atoms with Crippen molar-refractivity contribution in [1.29, 1.82) is 0 Å². The van der Waals surface area contributed by atoms with Crippen molar-refractivity contribution in [3.63, 3.8) is 0 Å². The standard InChI is InChI=1S/C25H21N3O4S2/c1-32-21-12-10-20(11-13-21)28-23(29)16-33-25(28)18-6-2-8-19(15-18)27-34(30,31)22-9-3-5-17-7-4-14-26-24(17)22/h2-15,25,27H,16H2,1H3. The number of anilines is 2. The topological polar surface area (TPSA) is 88.6 Å². The van der Waals surface area contributed by atoms with Crippen molar-refractivity contribution in [2.24, 2.45) is 0 Å². The number of methoxy groups -OCH3 is 1. The molecule has 1 atom stereocenters. The molecule has 7 nitrogen and oxygen atoms in total. The first-order valence-corrected chi connectivity index (χ1v) is 13.0. The molecule has 2 heterocycles. The van der Waals surface area contributed by atoms with Crippen molar-refractivity contribution in [2.75, 3.05) is 22.5 Å². The minimum atomic E-state index is -3.88. The Morgan fingerprint density at radius 3 is 2.59 bits per heavy atom. The minimum Gasteiger partial charge on any atom is -0.497 e. The van der Waals surface area contributed by atoms with E-state index in [1.165, 1.54) is 11.8 Å². The van der Waals surface area contributed by atoms with Gasteiger partial charge in [-0.25, -0.2) is 8.42 Å². The van der Waals surface area contributed by atoms with Crippen LogP contribution < -0.4 is 14.4 Å². The molecule has 1 aliphatic rings. The van der Waals surface area contributed by atoms with E-state index in [9.17, 15) is 13.2 Å². The maximum absolute atomic E-state index is 13.2. The molecule has 0 saturated carbocycles. The SMILES string of the molecule is COc1ccc(N2C(=O)CSC2c2cccc(NS(=O)(=O)c3cccc4cccnc34)c2)cc1. The number of hydrogen-bond acceptors (Lipinski definition) is 6. The van der Waals surface area contributed by atoms with Gasteiger partial charge in [0, 0.05) is 23.0 Å². The Bertz CT molecular complexity index is 1470. The summed E-state index contributed by atoms with van der Waals surface area (Å²) >= 11 is 1.50. The number of benzene rings is 3. The molecule has 34 heavy (non-hydrogen) atoms. The van der Waals surface area contributed by atoms with Crippen LogP contribution in [0.3, 0.4) is 0 Å². The molecule has 1 unspecified atom stereocenters. The van der Waals surface area contributed by atoms with Gasteiger partial charge < -0.3 is 4.74 Å². The number of fused-ring (bicyclic) bond motifs is 1. The molecule has 1 saturated heterocycles. The fourth-order valence-electron chi connectivity index (χ4n) is 3.95. The van der Waals surface area contributed by atoms with E-state index in [1.54, 1.807) is 54.6 Å². The summed E-state index contributed by atoms with van der Waals surface area (Å²) in [4.78, 5) is 18.8. The number of aromatic nitrogens is 1. The highest BCUT2D eigenvalue weighted by molar-refractivity contribution is 8.00. The number of rotatable bonds is 6. The lowest BCUT2D eigenvalue weighted by molar-refractivity contribution is -0.115. The molecular formula is C25H21N3O4S2. The van der Waals surface area contributed by atoms with Crippen molar-refractivity contribution < 1.29 is 17.9 Å². The molecule has 1 amide bonds. The minimum absolute atomic E-state index is 0.00650. The third-order valence-corrected chi connectivity index (χ3v) is 8.15. The Labute approximate surface area is 201 Å². The van der Waals surface area contributed by atoms with E-state index in [0.717, 1.165) is 16.6 Å². The van der Waals surface area contributed by atoms with Gasteiger partial charge in [-0.3, -0.25) is 19.4 Å². The van der Waals surface area contributed by atoms with E-state index in [0.29, 0.717) is 22.7 Å². The number of ether oxygens (including phenoxy) is 1. The Hall–Kier alpha value is -3.56. The fourth-order valence-corrected chi connectivity index (χ4v) is 6.35. The predicted octanol–water partition coefficient (Wildman–Crippen LogP) is 4.82. The average molecular weight is 492 g/mol. The molecular weight excluding hydrogens is 470 g/mol. The van der Waals surface area contributed by atoms with Crippen LogP contribution in [-0.2, 0) is 14.8 Å². The van der Waals surface area contributed by atoms with Crippen LogP contribution in [0, 0.1) is 0 Å². The number of thioether (sulfide) groups is 1. The Balaban J connectivity index is 1.45. The summed E-state index contributed by atoms with van der Waals surface area (Å²) in [6.45, 7) is 0. The van der Waals surface area contributed by atoms with Crippen LogP contribution in [0.4, 0.5) is 11.4 Å². The number of carbonyl (C=O) groups excluding carboxylic acids is 1. The number of pyridine rings is 1. The number of nitrogens with zero attached hydrogens (tertiary/aromatic N) is 2. The summed E-state index contributed by atoms with van der Waals surface area (Å²) in [6.07, 6.45) is 1.57. The van der Waals surface area contributed by atoms with Gasteiger partial charge in [-0.15, -0.1) is 11.8 Å². The number of nitrogens with one attached hydrogen (secondary N) is 1. The maximum Gasteiger partial charge on any atom is 0.264 e. The first kappa shape index (κ1) is 22.2. The predicted molar refractivity (Wildman–Crippen MR) is 135 cm³/mol. The smallest absolute Gasteiger partial charge is 0.264 e. The molecule has 172 valence electrons. The van der Waals surface area contributed by atoms with Crippen LogP contribution in [-0.4, -0.2) is 32.2 Å². The van der Waals surface area contributed by atoms with Crippen LogP contribution in [0.1, 0.15) is 10.9 Å². The molecule has 3 aromatic carbocycles. The zero-order chi connectivity index (χ0) is 23.7. The number of hydrogen-bond donors (Lipinski definition) is 1. The molecule has 0 aliphatic carbocycles. The molecule has 9 heteroatoms. The summed E-state index contributed by atoms with van der Waals surface area (Å²) in [5.74, 6) is 1.04. The zero-order valence-electron chi connectivity index (χ0n) is 18.2. The van der Waals surface area contributed by atoms with Crippen LogP contribution in [0.2, 0.25) is 0 Å². The summed E-state index contributed by atoms with van der Waals surface area (Å²) in [5, 5.41) is 0.472. The molecule has 1 fully saturated rings. The largest absolute Gasteiger partial charge is 0.497 e. The first-order chi connectivity index (χ1) is 16.5. The van der Waals surface area contributed by atoms with Crippen molar-refractivity contribution in [3.05, 3.63) is 90.6 Å². The van der Waals surface area contributed by atoms with E-state index < -0.39 is 10.0 Å². The van der Waals surface area contributed by atoms with Gasteiger partial charge >= 0.3 is 0 Å². The zero-order valence-corrected chi connectivity index (χ0v) is 19.8. The van der Waals surface area contributed by atoms with Gasteiger partial charge in [-0.05, 0) is 54.1 Å². The quantitative estimate of drug-likeness (QED) is 0.416. The van der Waals surface area contributed by atoms with E-state index in [1.807, 2.05) is 42.5 Å². The van der Waals surface area contributed by atoms with Crippen LogP contribution in [0.5, 0.6) is 5.75 Å². The third kappa shape index (κ3) is 4.20. The highest BCUT2D eigenvalue weighted by Gasteiger charge is 2.34. The van der Waals surface area contributed by atoms with Crippen LogP contribution in [0.15, 0.2) is 90.0 Å². The lowest BCUT2D eigenvalue weighted by Gasteiger charge is -2.25. The molecule has 0 bridgehead atoms.